The number of benzene rings is 1. The minimum absolute atomic E-state index is 0.366. The zero-order valence-electron chi connectivity index (χ0n) is 9.08. The van der Waals surface area contributed by atoms with Crippen LogP contribution in [0.3, 0.4) is 0 Å². The normalized spacial score (nSPS) is 10.3. The minimum atomic E-state index is 0.366. The lowest BCUT2D eigenvalue weighted by atomic mass is 10.3. The van der Waals surface area contributed by atoms with Gasteiger partial charge in [-0.1, -0.05) is 29.3 Å². The molecular formula is C12H10Cl2N2O. The quantitative estimate of drug-likeness (QED) is 0.893. The fraction of sp³-hybridized carbons (Fsp3) is 0.0833. The molecule has 0 unspecified atom stereocenters. The second-order valence-electron chi connectivity index (χ2n) is 3.48. The van der Waals surface area contributed by atoms with Crippen molar-refractivity contribution in [1.82, 2.24) is 4.98 Å². The van der Waals surface area contributed by atoms with Crippen molar-refractivity contribution in [1.29, 1.82) is 0 Å². The maximum atomic E-state index is 6.00. The van der Waals surface area contributed by atoms with Crippen molar-refractivity contribution in [2.75, 3.05) is 5.73 Å². The summed E-state index contributed by atoms with van der Waals surface area (Å²) in [4.78, 5) is 4.19. The van der Waals surface area contributed by atoms with Crippen molar-refractivity contribution >= 4 is 28.9 Å². The van der Waals surface area contributed by atoms with Gasteiger partial charge in [-0.3, -0.25) is 0 Å². The Kier molecular flexibility index (Phi) is 3.41. The molecule has 0 bridgehead atoms. The van der Waals surface area contributed by atoms with Crippen molar-refractivity contribution in [3.8, 4) is 11.6 Å². The van der Waals surface area contributed by atoms with Crippen LogP contribution in [-0.4, -0.2) is 4.98 Å². The number of pyridine rings is 1. The number of anilines is 1. The second-order valence-corrected chi connectivity index (χ2v) is 4.26. The van der Waals surface area contributed by atoms with Gasteiger partial charge in [-0.2, -0.15) is 0 Å². The molecule has 0 fully saturated rings. The Hall–Kier alpha value is -1.45. The van der Waals surface area contributed by atoms with E-state index in [9.17, 15) is 0 Å². The van der Waals surface area contributed by atoms with Gasteiger partial charge in [0.15, 0.2) is 0 Å². The molecule has 2 N–H and O–H groups in total. The topological polar surface area (TPSA) is 48.1 Å². The number of hydrogen-bond donors (Lipinski definition) is 1. The zero-order chi connectivity index (χ0) is 12.4. The smallest absolute Gasteiger partial charge is 0.219 e. The van der Waals surface area contributed by atoms with Crippen LogP contribution in [0.25, 0.3) is 0 Å². The van der Waals surface area contributed by atoms with Crippen LogP contribution < -0.4 is 10.5 Å². The standard InChI is InChI=1S/C12H10Cl2N2O/c1-7-9(15)5-6-11(16-7)17-10-4-2-3-8(13)12(10)14/h2-6H,15H2,1H3. The molecule has 88 valence electrons. The molecule has 0 aliphatic rings. The van der Waals surface area contributed by atoms with Gasteiger partial charge in [0.25, 0.3) is 0 Å². The number of nitrogens with zero attached hydrogens (tertiary/aromatic N) is 1. The lowest BCUT2D eigenvalue weighted by molar-refractivity contribution is 0.462. The van der Waals surface area contributed by atoms with E-state index in [0.717, 1.165) is 0 Å². The molecule has 2 rings (SSSR count). The number of rotatable bonds is 2. The number of ether oxygens (including phenoxy) is 1. The van der Waals surface area contributed by atoms with Gasteiger partial charge < -0.3 is 10.5 Å². The molecule has 0 saturated heterocycles. The Balaban J connectivity index is 2.31. The van der Waals surface area contributed by atoms with Crippen LogP contribution in [0.15, 0.2) is 30.3 Å². The Bertz CT molecular complexity index is 558. The average molecular weight is 269 g/mol. The zero-order valence-corrected chi connectivity index (χ0v) is 10.6. The molecule has 0 spiro atoms. The van der Waals surface area contributed by atoms with E-state index in [1.807, 2.05) is 6.92 Å². The number of nitrogen functional groups attached to an aromatic ring is 1. The monoisotopic (exact) mass is 268 g/mol. The van der Waals surface area contributed by atoms with Gasteiger partial charge in [0.1, 0.15) is 10.8 Å². The van der Waals surface area contributed by atoms with Crippen LogP contribution in [0.1, 0.15) is 5.69 Å². The van der Waals surface area contributed by atoms with Gasteiger partial charge in [0.2, 0.25) is 5.88 Å². The third-order valence-corrected chi connectivity index (χ3v) is 3.03. The van der Waals surface area contributed by atoms with Gasteiger partial charge >= 0.3 is 0 Å². The van der Waals surface area contributed by atoms with Crippen molar-refractivity contribution in [3.05, 3.63) is 46.1 Å². The van der Waals surface area contributed by atoms with Crippen LogP contribution in [0, 0.1) is 6.92 Å². The molecule has 0 aliphatic carbocycles. The van der Waals surface area contributed by atoms with Crippen molar-refractivity contribution in [2.24, 2.45) is 0 Å². The highest BCUT2D eigenvalue weighted by molar-refractivity contribution is 6.42. The Morgan fingerprint density at radius 3 is 2.65 bits per heavy atom. The first kappa shape index (κ1) is 12.0. The minimum Gasteiger partial charge on any atom is -0.437 e. The summed E-state index contributed by atoms with van der Waals surface area (Å²) in [6.07, 6.45) is 0. The third kappa shape index (κ3) is 2.62. The molecular weight excluding hydrogens is 259 g/mol. The van der Waals surface area contributed by atoms with Crippen molar-refractivity contribution in [3.63, 3.8) is 0 Å². The maximum absolute atomic E-state index is 6.00. The molecule has 5 heteroatoms. The first-order chi connectivity index (χ1) is 8.08. The predicted octanol–water partition coefficient (Wildman–Crippen LogP) is 4.07. The van der Waals surface area contributed by atoms with Gasteiger partial charge in [-0.15, -0.1) is 0 Å². The second kappa shape index (κ2) is 4.82. The largest absolute Gasteiger partial charge is 0.437 e. The number of nitrogens with two attached hydrogens (primary N) is 1. The Morgan fingerprint density at radius 1 is 1.18 bits per heavy atom. The van der Waals surface area contributed by atoms with Crippen LogP contribution in [0.5, 0.6) is 11.6 Å². The fourth-order valence-electron chi connectivity index (χ4n) is 1.28. The lowest BCUT2D eigenvalue weighted by Gasteiger charge is -2.08. The maximum Gasteiger partial charge on any atom is 0.219 e. The molecule has 1 heterocycles. The predicted molar refractivity (Wildman–Crippen MR) is 69.9 cm³/mol. The van der Waals surface area contributed by atoms with Gasteiger partial charge in [-0.25, -0.2) is 4.98 Å². The van der Waals surface area contributed by atoms with E-state index in [0.29, 0.717) is 33.1 Å². The molecule has 1 aromatic carbocycles. The number of hydrogen-bond acceptors (Lipinski definition) is 3. The van der Waals surface area contributed by atoms with Crippen molar-refractivity contribution < 1.29 is 4.74 Å². The summed E-state index contributed by atoms with van der Waals surface area (Å²) < 4.78 is 5.54. The van der Waals surface area contributed by atoms with Crippen LogP contribution in [-0.2, 0) is 0 Å². The molecule has 1 aromatic heterocycles. The summed E-state index contributed by atoms with van der Waals surface area (Å²) in [7, 11) is 0. The highest BCUT2D eigenvalue weighted by atomic mass is 35.5. The van der Waals surface area contributed by atoms with Crippen LogP contribution in [0.4, 0.5) is 5.69 Å². The Labute approximate surface area is 109 Å². The summed E-state index contributed by atoms with van der Waals surface area (Å²) in [5.41, 5.74) is 7.00. The first-order valence-corrected chi connectivity index (χ1v) is 5.68. The molecule has 0 amide bonds. The fourth-order valence-corrected chi connectivity index (χ4v) is 1.61. The highest BCUT2D eigenvalue weighted by Crippen LogP contribution is 2.34. The molecule has 3 nitrogen and oxygen atoms in total. The van der Waals surface area contributed by atoms with E-state index >= 15 is 0 Å². The van der Waals surface area contributed by atoms with Crippen LogP contribution >= 0.6 is 23.2 Å². The van der Waals surface area contributed by atoms with E-state index in [2.05, 4.69) is 4.98 Å². The lowest BCUT2D eigenvalue weighted by Crippen LogP contribution is -1.95. The van der Waals surface area contributed by atoms with Crippen LogP contribution in [0.2, 0.25) is 10.0 Å². The number of halogens is 2. The molecule has 0 aliphatic heterocycles. The van der Waals surface area contributed by atoms with Gasteiger partial charge in [-0.05, 0) is 25.1 Å². The van der Waals surface area contributed by atoms with Crippen molar-refractivity contribution in [2.45, 2.75) is 6.92 Å². The summed E-state index contributed by atoms with van der Waals surface area (Å²) >= 11 is 11.9. The summed E-state index contributed by atoms with van der Waals surface area (Å²) in [6, 6.07) is 8.59. The van der Waals surface area contributed by atoms with E-state index in [1.54, 1.807) is 30.3 Å². The van der Waals surface area contributed by atoms with Gasteiger partial charge in [0, 0.05) is 6.07 Å². The molecule has 17 heavy (non-hydrogen) atoms. The average Bonchev–Trinajstić information content (AvgIpc) is 2.30. The number of aromatic nitrogens is 1. The molecule has 0 atom stereocenters. The SMILES string of the molecule is Cc1nc(Oc2cccc(Cl)c2Cl)ccc1N. The van der Waals surface area contributed by atoms with E-state index in [1.165, 1.54) is 0 Å². The number of aryl methyl sites for hydroxylation is 1. The Morgan fingerprint density at radius 2 is 1.94 bits per heavy atom. The third-order valence-electron chi connectivity index (χ3n) is 2.23. The summed E-state index contributed by atoms with van der Waals surface area (Å²) in [5.74, 6) is 0.900. The van der Waals surface area contributed by atoms with E-state index in [4.69, 9.17) is 33.7 Å². The molecule has 0 saturated carbocycles. The summed E-state index contributed by atoms with van der Waals surface area (Å²) in [5, 5.41) is 0.807. The summed E-state index contributed by atoms with van der Waals surface area (Å²) in [6.45, 7) is 1.81. The van der Waals surface area contributed by atoms with Gasteiger partial charge in [0.05, 0.1) is 16.4 Å². The van der Waals surface area contributed by atoms with E-state index < -0.39 is 0 Å². The van der Waals surface area contributed by atoms with E-state index in [-0.39, 0.29) is 0 Å². The first-order valence-electron chi connectivity index (χ1n) is 4.93. The highest BCUT2D eigenvalue weighted by Gasteiger charge is 2.07. The molecule has 2 aromatic rings. The molecule has 0 radical (unpaired) electrons.